The molecule has 4 heteroatoms. The molecule has 1 heterocycles. The molecule has 4 nitrogen and oxygen atoms in total. The summed E-state index contributed by atoms with van der Waals surface area (Å²) in [5.41, 5.74) is 7.40. The Morgan fingerprint density at radius 1 is 1.69 bits per heavy atom. The number of aryl methyl sites for hydroxylation is 1. The number of nitrogens with one attached hydrogen (secondary N) is 1. The molecule has 0 bridgehead atoms. The average molecular weight is 182 g/mol. The first-order valence-corrected chi connectivity index (χ1v) is 4.21. The van der Waals surface area contributed by atoms with E-state index in [2.05, 4.69) is 4.98 Å². The average Bonchev–Trinajstić information content (AvgIpc) is 2.04. The molecule has 1 unspecified atom stereocenters. The summed E-state index contributed by atoms with van der Waals surface area (Å²) < 4.78 is 0. The second kappa shape index (κ2) is 4.20. The van der Waals surface area contributed by atoms with Crippen LogP contribution in [0.1, 0.15) is 23.6 Å². The van der Waals surface area contributed by atoms with E-state index in [9.17, 15) is 4.79 Å². The number of hydrogen-bond acceptors (Lipinski definition) is 3. The van der Waals surface area contributed by atoms with E-state index < -0.39 is 0 Å². The maximum Gasteiger partial charge on any atom is 0.248 e. The second-order valence-electron chi connectivity index (χ2n) is 3.05. The van der Waals surface area contributed by atoms with Gasteiger partial charge in [0, 0.05) is 24.9 Å². The molecule has 1 rings (SSSR count). The lowest BCUT2D eigenvalue weighted by Gasteiger charge is -2.12. The van der Waals surface area contributed by atoms with Gasteiger partial charge in [0.15, 0.2) is 0 Å². The molecule has 13 heavy (non-hydrogen) atoms. The van der Waals surface area contributed by atoms with E-state index in [1.807, 2.05) is 6.92 Å². The zero-order valence-corrected chi connectivity index (χ0v) is 7.58. The summed E-state index contributed by atoms with van der Waals surface area (Å²) in [5.74, 6) is 0. The smallest absolute Gasteiger partial charge is 0.248 e. The lowest BCUT2D eigenvalue weighted by atomic mass is 10.0. The Hall–Kier alpha value is -1.13. The highest BCUT2D eigenvalue weighted by molar-refractivity contribution is 5.24. The lowest BCUT2D eigenvalue weighted by molar-refractivity contribution is 0.276. The zero-order chi connectivity index (χ0) is 9.84. The molecule has 0 amide bonds. The minimum absolute atomic E-state index is 0.0553. The van der Waals surface area contributed by atoms with Crippen molar-refractivity contribution in [3.05, 3.63) is 33.7 Å². The van der Waals surface area contributed by atoms with Crippen molar-refractivity contribution in [1.82, 2.24) is 4.98 Å². The molecule has 1 atom stereocenters. The molecular weight excluding hydrogens is 168 g/mol. The molecule has 0 saturated heterocycles. The van der Waals surface area contributed by atoms with E-state index in [-0.39, 0.29) is 18.2 Å². The third kappa shape index (κ3) is 2.40. The van der Waals surface area contributed by atoms with Crippen LogP contribution in [-0.4, -0.2) is 16.7 Å². The lowest BCUT2D eigenvalue weighted by Crippen LogP contribution is -2.16. The monoisotopic (exact) mass is 182 g/mol. The molecule has 1 aromatic heterocycles. The molecule has 72 valence electrons. The van der Waals surface area contributed by atoms with Gasteiger partial charge in [0.2, 0.25) is 5.56 Å². The minimum atomic E-state index is -0.207. The molecule has 0 aliphatic heterocycles. The van der Waals surface area contributed by atoms with Gasteiger partial charge < -0.3 is 15.8 Å². The number of aliphatic hydroxyl groups excluding tert-OH is 1. The van der Waals surface area contributed by atoms with Gasteiger partial charge in [-0.1, -0.05) is 0 Å². The van der Waals surface area contributed by atoms with E-state index in [1.165, 1.54) is 6.07 Å². The SMILES string of the molecule is Cc1cc(=O)[nH]cc1C(N)CCO. The number of aromatic amines is 1. The quantitative estimate of drug-likeness (QED) is 0.618. The second-order valence-corrected chi connectivity index (χ2v) is 3.05. The van der Waals surface area contributed by atoms with Crippen LogP contribution in [0.3, 0.4) is 0 Å². The van der Waals surface area contributed by atoms with Gasteiger partial charge in [0.05, 0.1) is 0 Å². The van der Waals surface area contributed by atoms with Crippen molar-refractivity contribution in [2.75, 3.05) is 6.61 Å². The first-order valence-electron chi connectivity index (χ1n) is 4.21. The van der Waals surface area contributed by atoms with Crippen LogP contribution in [0.15, 0.2) is 17.1 Å². The number of aliphatic hydroxyl groups is 1. The Morgan fingerprint density at radius 2 is 2.38 bits per heavy atom. The van der Waals surface area contributed by atoms with Crippen molar-refractivity contribution in [3.63, 3.8) is 0 Å². The van der Waals surface area contributed by atoms with Crippen LogP contribution in [0.4, 0.5) is 0 Å². The van der Waals surface area contributed by atoms with Gasteiger partial charge in [-0.3, -0.25) is 4.79 Å². The van der Waals surface area contributed by atoms with Crippen molar-refractivity contribution in [2.24, 2.45) is 5.73 Å². The Labute approximate surface area is 76.4 Å². The van der Waals surface area contributed by atoms with Gasteiger partial charge in [-0.25, -0.2) is 0 Å². The van der Waals surface area contributed by atoms with Crippen molar-refractivity contribution < 1.29 is 5.11 Å². The topological polar surface area (TPSA) is 79.1 Å². The largest absolute Gasteiger partial charge is 0.396 e. The number of pyridine rings is 1. The molecule has 1 aromatic rings. The summed E-state index contributed by atoms with van der Waals surface area (Å²) in [6.45, 7) is 1.89. The van der Waals surface area contributed by atoms with Gasteiger partial charge in [-0.05, 0) is 24.5 Å². The standard InChI is InChI=1S/C9H14N2O2/c1-6-4-9(13)11-5-7(6)8(10)2-3-12/h4-5,8,12H,2-3,10H2,1H3,(H,11,13). The van der Waals surface area contributed by atoms with Gasteiger partial charge in [0.25, 0.3) is 0 Å². The number of hydrogen-bond donors (Lipinski definition) is 3. The van der Waals surface area contributed by atoms with Crippen LogP contribution in [0.2, 0.25) is 0 Å². The zero-order valence-electron chi connectivity index (χ0n) is 7.58. The summed E-state index contributed by atoms with van der Waals surface area (Å²) in [6.07, 6.45) is 2.12. The van der Waals surface area contributed by atoms with Crippen LogP contribution in [0.5, 0.6) is 0 Å². The van der Waals surface area contributed by atoms with E-state index in [4.69, 9.17) is 10.8 Å². The van der Waals surface area contributed by atoms with Crippen LogP contribution < -0.4 is 11.3 Å². The third-order valence-corrected chi connectivity index (χ3v) is 2.01. The summed E-state index contributed by atoms with van der Waals surface area (Å²) in [6, 6.07) is 1.30. The Bertz CT molecular complexity index is 333. The predicted octanol–water partition coefficient (Wildman–Crippen LogP) is 0.0655. The highest BCUT2D eigenvalue weighted by Crippen LogP contribution is 2.14. The molecular formula is C9H14N2O2. The van der Waals surface area contributed by atoms with Crippen molar-refractivity contribution in [2.45, 2.75) is 19.4 Å². The molecule has 0 spiro atoms. The fourth-order valence-corrected chi connectivity index (χ4v) is 1.28. The number of aromatic nitrogens is 1. The van der Waals surface area contributed by atoms with Crippen LogP contribution in [0, 0.1) is 6.92 Å². The Morgan fingerprint density at radius 3 is 2.92 bits per heavy atom. The molecule has 0 aliphatic carbocycles. The molecule has 0 fully saturated rings. The van der Waals surface area contributed by atoms with Crippen molar-refractivity contribution in [1.29, 1.82) is 0 Å². The summed E-state index contributed by atoms with van der Waals surface area (Å²) >= 11 is 0. The van der Waals surface area contributed by atoms with Gasteiger partial charge in [-0.15, -0.1) is 0 Å². The van der Waals surface area contributed by atoms with E-state index in [0.717, 1.165) is 11.1 Å². The molecule has 0 saturated carbocycles. The van der Waals surface area contributed by atoms with E-state index in [0.29, 0.717) is 6.42 Å². The Kier molecular flexibility index (Phi) is 3.22. The first kappa shape index (κ1) is 9.95. The van der Waals surface area contributed by atoms with Crippen LogP contribution in [-0.2, 0) is 0 Å². The predicted molar refractivity (Wildman–Crippen MR) is 50.4 cm³/mol. The minimum Gasteiger partial charge on any atom is -0.396 e. The summed E-state index contributed by atoms with van der Waals surface area (Å²) in [7, 11) is 0. The number of H-pyrrole nitrogens is 1. The highest BCUT2D eigenvalue weighted by Gasteiger charge is 2.07. The maximum atomic E-state index is 10.9. The van der Waals surface area contributed by atoms with Gasteiger partial charge in [0.1, 0.15) is 0 Å². The number of nitrogens with two attached hydrogens (primary N) is 1. The van der Waals surface area contributed by atoms with Gasteiger partial charge >= 0.3 is 0 Å². The molecule has 4 N–H and O–H groups in total. The molecule has 0 aliphatic rings. The molecule has 0 aromatic carbocycles. The van der Waals surface area contributed by atoms with Gasteiger partial charge in [-0.2, -0.15) is 0 Å². The Balaban J connectivity index is 2.94. The van der Waals surface area contributed by atoms with Crippen LogP contribution >= 0.6 is 0 Å². The fraction of sp³-hybridized carbons (Fsp3) is 0.444. The fourth-order valence-electron chi connectivity index (χ4n) is 1.28. The molecule has 0 radical (unpaired) electrons. The summed E-state index contributed by atoms with van der Waals surface area (Å²) in [4.78, 5) is 13.4. The normalized spacial score (nSPS) is 12.8. The maximum absolute atomic E-state index is 10.9. The first-order chi connectivity index (χ1) is 6.15. The highest BCUT2D eigenvalue weighted by atomic mass is 16.3. The van der Waals surface area contributed by atoms with Crippen LogP contribution in [0.25, 0.3) is 0 Å². The van der Waals surface area contributed by atoms with E-state index >= 15 is 0 Å². The van der Waals surface area contributed by atoms with E-state index in [1.54, 1.807) is 6.20 Å². The number of rotatable bonds is 3. The third-order valence-electron chi connectivity index (χ3n) is 2.01. The summed E-state index contributed by atoms with van der Waals surface area (Å²) in [5, 5.41) is 8.69. The van der Waals surface area contributed by atoms with Crippen molar-refractivity contribution >= 4 is 0 Å². The van der Waals surface area contributed by atoms with Crippen molar-refractivity contribution in [3.8, 4) is 0 Å².